The summed E-state index contributed by atoms with van der Waals surface area (Å²) in [5, 5.41) is 0. The van der Waals surface area contributed by atoms with Gasteiger partial charge in [0.2, 0.25) is 0 Å². The molecular weight excluding hydrogens is 254 g/mol. The lowest BCUT2D eigenvalue weighted by atomic mass is 10.2. The minimum Gasteiger partial charge on any atom is -0.462 e. The summed E-state index contributed by atoms with van der Waals surface area (Å²) in [6, 6.07) is 10.9. The smallest absolute Gasteiger partial charge is 0.338 e. The molecule has 5 nitrogen and oxygen atoms in total. The van der Waals surface area contributed by atoms with Crippen molar-refractivity contribution >= 4 is 17.1 Å². The quantitative estimate of drug-likeness (QED) is 0.684. The molecule has 2 aromatic heterocycles. The van der Waals surface area contributed by atoms with Gasteiger partial charge in [0.1, 0.15) is 11.8 Å². The Bertz CT molecular complexity index is 747. The fraction of sp³-hybridized carbons (Fsp3) is 0.133. The molecule has 20 heavy (non-hydrogen) atoms. The van der Waals surface area contributed by atoms with E-state index in [-0.39, 0.29) is 5.97 Å². The molecular formula is C15H13N3O2. The number of carbonyl (C=O) groups excluding carboxylic acids is 1. The first-order chi connectivity index (χ1) is 9.79. The Morgan fingerprint density at radius 3 is 2.75 bits per heavy atom. The Morgan fingerprint density at radius 2 is 2.00 bits per heavy atom. The third kappa shape index (κ3) is 2.14. The number of hydrogen-bond acceptors (Lipinski definition) is 4. The number of esters is 1. The SMILES string of the molecule is CCOC(=O)c1ccc(-n2cnc3cccnc32)cc1. The molecule has 3 rings (SSSR count). The third-order valence-corrected chi connectivity index (χ3v) is 2.96. The van der Waals surface area contributed by atoms with Gasteiger partial charge >= 0.3 is 5.97 Å². The van der Waals surface area contributed by atoms with Crippen molar-refractivity contribution in [2.75, 3.05) is 6.61 Å². The zero-order valence-electron chi connectivity index (χ0n) is 11.0. The Kier molecular flexibility index (Phi) is 3.16. The summed E-state index contributed by atoms with van der Waals surface area (Å²) in [5.74, 6) is -0.312. The highest BCUT2D eigenvalue weighted by Gasteiger charge is 2.08. The van der Waals surface area contributed by atoms with Crippen LogP contribution in [-0.2, 0) is 4.74 Å². The normalized spacial score (nSPS) is 10.7. The first kappa shape index (κ1) is 12.3. The fourth-order valence-electron chi connectivity index (χ4n) is 2.01. The lowest BCUT2D eigenvalue weighted by Crippen LogP contribution is -2.04. The van der Waals surface area contributed by atoms with Gasteiger partial charge in [0.15, 0.2) is 5.65 Å². The molecule has 0 spiro atoms. The maximum atomic E-state index is 11.6. The largest absolute Gasteiger partial charge is 0.462 e. The van der Waals surface area contributed by atoms with Crippen LogP contribution < -0.4 is 0 Å². The topological polar surface area (TPSA) is 57.0 Å². The van der Waals surface area contributed by atoms with Crippen molar-refractivity contribution in [3.05, 3.63) is 54.5 Å². The molecule has 0 aliphatic rings. The van der Waals surface area contributed by atoms with Crippen molar-refractivity contribution in [2.24, 2.45) is 0 Å². The van der Waals surface area contributed by atoms with Crippen LogP contribution in [0.1, 0.15) is 17.3 Å². The van der Waals surface area contributed by atoms with Crippen LogP contribution in [-0.4, -0.2) is 27.1 Å². The molecule has 0 aliphatic heterocycles. The van der Waals surface area contributed by atoms with Gasteiger partial charge in [-0.2, -0.15) is 0 Å². The Morgan fingerprint density at radius 1 is 1.20 bits per heavy atom. The fourth-order valence-corrected chi connectivity index (χ4v) is 2.01. The number of ether oxygens (including phenoxy) is 1. The zero-order chi connectivity index (χ0) is 13.9. The van der Waals surface area contributed by atoms with Crippen LogP contribution in [0.15, 0.2) is 48.9 Å². The van der Waals surface area contributed by atoms with E-state index in [1.807, 2.05) is 28.8 Å². The maximum absolute atomic E-state index is 11.6. The van der Waals surface area contributed by atoms with Crippen molar-refractivity contribution in [3.8, 4) is 5.69 Å². The van der Waals surface area contributed by atoms with E-state index in [0.29, 0.717) is 12.2 Å². The van der Waals surface area contributed by atoms with E-state index in [1.54, 1.807) is 31.6 Å². The first-order valence-corrected chi connectivity index (χ1v) is 6.35. The highest BCUT2D eigenvalue weighted by Crippen LogP contribution is 2.16. The summed E-state index contributed by atoms with van der Waals surface area (Å²) in [7, 11) is 0. The number of carbonyl (C=O) groups is 1. The van der Waals surface area contributed by atoms with Gasteiger partial charge < -0.3 is 4.74 Å². The summed E-state index contributed by atoms with van der Waals surface area (Å²) in [4.78, 5) is 20.2. The van der Waals surface area contributed by atoms with Crippen molar-refractivity contribution in [3.63, 3.8) is 0 Å². The molecule has 0 saturated heterocycles. The van der Waals surface area contributed by atoms with Crippen molar-refractivity contribution in [1.82, 2.24) is 14.5 Å². The minimum atomic E-state index is -0.312. The predicted molar refractivity (Wildman–Crippen MR) is 74.8 cm³/mol. The van der Waals surface area contributed by atoms with Crippen LogP contribution in [0.2, 0.25) is 0 Å². The molecule has 1 aromatic carbocycles. The minimum absolute atomic E-state index is 0.312. The molecule has 0 aliphatic carbocycles. The summed E-state index contributed by atoms with van der Waals surface area (Å²) in [5.41, 5.74) is 3.06. The van der Waals surface area contributed by atoms with Gasteiger partial charge in [0.25, 0.3) is 0 Å². The van der Waals surface area contributed by atoms with E-state index in [4.69, 9.17) is 4.74 Å². The van der Waals surface area contributed by atoms with Crippen molar-refractivity contribution < 1.29 is 9.53 Å². The van der Waals surface area contributed by atoms with Crippen molar-refractivity contribution in [1.29, 1.82) is 0 Å². The zero-order valence-corrected chi connectivity index (χ0v) is 11.0. The molecule has 5 heteroatoms. The van der Waals surface area contributed by atoms with E-state index in [9.17, 15) is 4.79 Å². The van der Waals surface area contributed by atoms with E-state index in [1.165, 1.54) is 0 Å². The van der Waals surface area contributed by atoms with Crippen molar-refractivity contribution in [2.45, 2.75) is 6.92 Å². The molecule has 0 amide bonds. The molecule has 0 bridgehead atoms. The number of pyridine rings is 1. The van der Waals surface area contributed by atoms with Crippen LogP contribution in [0.3, 0.4) is 0 Å². The summed E-state index contributed by atoms with van der Waals surface area (Å²) in [6.07, 6.45) is 3.45. The van der Waals surface area contributed by atoms with Gasteiger partial charge in [-0.15, -0.1) is 0 Å². The third-order valence-electron chi connectivity index (χ3n) is 2.96. The molecule has 0 saturated carbocycles. The second kappa shape index (κ2) is 5.13. The Labute approximate surface area is 115 Å². The van der Waals surface area contributed by atoms with Crippen LogP contribution in [0, 0.1) is 0 Å². The van der Waals surface area contributed by atoms with Crippen LogP contribution in [0.25, 0.3) is 16.9 Å². The molecule has 0 radical (unpaired) electrons. The monoisotopic (exact) mass is 267 g/mol. The molecule has 0 fully saturated rings. The number of hydrogen-bond donors (Lipinski definition) is 0. The molecule has 2 heterocycles. The lowest BCUT2D eigenvalue weighted by molar-refractivity contribution is 0.0526. The Balaban J connectivity index is 1.97. The highest BCUT2D eigenvalue weighted by molar-refractivity contribution is 5.89. The molecule has 100 valence electrons. The number of imidazole rings is 1. The average Bonchev–Trinajstić information content (AvgIpc) is 2.92. The lowest BCUT2D eigenvalue weighted by Gasteiger charge is -2.05. The number of benzene rings is 1. The van der Waals surface area contributed by atoms with Gasteiger partial charge in [-0.1, -0.05) is 0 Å². The van der Waals surface area contributed by atoms with E-state index in [2.05, 4.69) is 9.97 Å². The van der Waals surface area contributed by atoms with Crippen LogP contribution >= 0.6 is 0 Å². The second-order valence-electron chi connectivity index (χ2n) is 4.23. The first-order valence-electron chi connectivity index (χ1n) is 6.35. The predicted octanol–water partition coefficient (Wildman–Crippen LogP) is 2.60. The highest BCUT2D eigenvalue weighted by atomic mass is 16.5. The maximum Gasteiger partial charge on any atom is 0.338 e. The number of aromatic nitrogens is 3. The molecule has 3 aromatic rings. The van der Waals surface area contributed by atoms with E-state index in [0.717, 1.165) is 16.9 Å². The Hall–Kier alpha value is -2.69. The summed E-state index contributed by atoms with van der Waals surface area (Å²) >= 11 is 0. The average molecular weight is 267 g/mol. The van der Waals surface area contributed by atoms with Gasteiger partial charge in [-0.05, 0) is 43.3 Å². The van der Waals surface area contributed by atoms with E-state index >= 15 is 0 Å². The summed E-state index contributed by atoms with van der Waals surface area (Å²) < 4.78 is 6.84. The van der Waals surface area contributed by atoms with Gasteiger partial charge in [-0.3, -0.25) is 4.57 Å². The second-order valence-corrected chi connectivity index (χ2v) is 4.23. The molecule has 0 unspecified atom stereocenters. The number of fused-ring (bicyclic) bond motifs is 1. The van der Waals surface area contributed by atoms with Crippen LogP contribution in [0.4, 0.5) is 0 Å². The van der Waals surface area contributed by atoms with Crippen LogP contribution in [0.5, 0.6) is 0 Å². The van der Waals surface area contributed by atoms with Gasteiger partial charge in [0, 0.05) is 11.9 Å². The number of nitrogens with zero attached hydrogens (tertiary/aromatic N) is 3. The molecule has 0 N–H and O–H groups in total. The van der Waals surface area contributed by atoms with Gasteiger partial charge in [-0.25, -0.2) is 14.8 Å². The van der Waals surface area contributed by atoms with Gasteiger partial charge in [0.05, 0.1) is 12.2 Å². The standard InChI is InChI=1S/C15H13N3O2/c1-2-20-15(19)11-5-7-12(8-6-11)18-10-17-13-4-3-9-16-14(13)18/h3-10H,2H2,1H3. The van der Waals surface area contributed by atoms with E-state index < -0.39 is 0 Å². The molecule has 0 atom stereocenters. The number of rotatable bonds is 3. The summed E-state index contributed by atoms with van der Waals surface area (Å²) in [6.45, 7) is 2.16.